The minimum absolute atomic E-state index is 0.328. The molecular formula is C37H23NO2. The zero-order valence-corrected chi connectivity index (χ0v) is 21.5. The van der Waals surface area contributed by atoms with Crippen LogP contribution in [0.2, 0.25) is 0 Å². The van der Waals surface area contributed by atoms with Crippen molar-refractivity contribution in [3.8, 4) is 27.9 Å². The molecule has 0 radical (unpaired) electrons. The molecular weight excluding hydrogens is 490 g/mol. The van der Waals surface area contributed by atoms with E-state index in [-0.39, 0.29) is 5.63 Å². The Morgan fingerprint density at radius 2 is 1.05 bits per heavy atom. The minimum atomic E-state index is -0.328. The zero-order valence-electron chi connectivity index (χ0n) is 21.5. The van der Waals surface area contributed by atoms with Crippen LogP contribution >= 0.6 is 0 Å². The van der Waals surface area contributed by atoms with Gasteiger partial charge in [0.05, 0.1) is 16.4 Å². The number of rotatable bonds is 3. The molecule has 0 saturated carbocycles. The van der Waals surface area contributed by atoms with Gasteiger partial charge in [0, 0.05) is 27.2 Å². The Bertz CT molecular complexity index is 2220. The maximum atomic E-state index is 13.7. The molecule has 8 rings (SSSR count). The van der Waals surface area contributed by atoms with Crippen molar-refractivity contribution in [3.05, 3.63) is 150 Å². The van der Waals surface area contributed by atoms with Crippen LogP contribution in [0.4, 0.5) is 0 Å². The predicted octanol–water partition coefficient (Wildman–Crippen LogP) is 9.38. The van der Waals surface area contributed by atoms with Crippen molar-refractivity contribution in [3.63, 3.8) is 0 Å². The largest absolute Gasteiger partial charge is 0.422 e. The summed E-state index contributed by atoms with van der Waals surface area (Å²) in [6, 6.07) is 47.8. The summed E-state index contributed by atoms with van der Waals surface area (Å²) in [6.45, 7) is 0. The third-order valence-electron chi connectivity index (χ3n) is 7.81. The molecule has 8 aromatic rings. The number of nitrogens with zero attached hydrogens (tertiary/aromatic N) is 1. The molecule has 0 bridgehead atoms. The average molecular weight is 514 g/mol. The van der Waals surface area contributed by atoms with Crippen molar-refractivity contribution in [1.82, 2.24) is 4.57 Å². The highest BCUT2D eigenvalue weighted by Gasteiger charge is 2.20. The lowest BCUT2D eigenvalue weighted by Crippen LogP contribution is -2.04. The number of benzene rings is 6. The number of hydrogen-bond acceptors (Lipinski definition) is 2. The lowest BCUT2D eigenvalue weighted by atomic mass is 9.98. The maximum Gasteiger partial charge on any atom is 0.346 e. The van der Waals surface area contributed by atoms with Gasteiger partial charge in [0.25, 0.3) is 0 Å². The van der Waals surface area contributed by atoms with E-state index in [4.69, 9.17) is 4.42 Å². The summed E-state index contributed by atoms with van der Waals surface area (Å²) in [4.78, 5) is 13.7. The fraction of sp³-hybridized carbons (Fsp3) is 0. The summed E-state index contributed by atoms with van der Waals surface area (Å²) >= 11 is 0. The molecule has 0 unspecified atom stereocenters. The molecule has 3 heteroatoms. The Labute approximate surface area is 230 Å². The topological polar surface area (TPSA) is 35.1 Å². The molecule has 40 heavy (non-hydrogen) atoms. The third kappa shape index (κ3) is 3.41. The van der Waals surface area contributed by atoms with E-state index in [1.54, 1.807) is 0 Å². The molecule has 0 spiro atoms. The molecule has 2 aromatic heterocycles. The fourth-order valence-corrected chi connectivity index (χ4v) is 6.02. The molecule has 0 aliphatic heterocycles. The lowest BCUT2D eigenvalue weighted by Gasteiger charge is -2.15. The van der Waals surface area contributed by atoms with Gasteiger partial charge >= 0.3 is 5.63 Å². The van der Waals surface area contributed by atoms with E-state index in [9.17, 15) is 4.79 Å². The number of fused-ring (bicyclic) bond motifs is 7. The monoisotopic (exact) mass is 513 g/mol. The van der Waals surface area contributed by atoms with Crippen LogP contribution in [0.5, 0.6) is 0 Å². The average Bonchev–Trinajstić information content (AvgIpc) is 3.36. The first-order valence-electron chi connectivity index (χ1n) is 13.4. The standard InChI is InChI=1S/C37H23NO2/c39-37-35-31(30-16-8-10-18-34(30)40-37)19-20-32-29-15-7-9-17-33(29)38(36(32)35)28-22-26(24-11-3-1-4-12-24)21-27(23-28)25-13-5-2-6-14-25/h1-23H. The minimum Gasteiger partial charge on any atom is -0.422 e. The van der Waals surface area contributed by atoms with Crippen molar-refractivity contribution in [2.45, 2.75) is 0 Å². The van der Waals surface area contributed by atoms with Gasteiger partial charge in [-0.15, -0.1) is 0 Å². The Morgan fingerprint density at radius 3 is 1.75 bits per heavy atom. The molecule has 0 aliphatic carbocycles. The second-order valence-corrected chi connectivity index (χ2v) is 10.1. The van der Waals surface area contributed by atoms with Crippen LogP contribution in [-0.4, -0.2) is 4.57 Å². The van der Waals surface area contributed by atoms with E-state index < -0.39 is 0 Å². The number of para-hydroxylation sites is 2. The van der Waals surface area contributed by atoms with Gasteiger partial charge in [0.1, 0.15) is 5.58 Å². The van der Waals surface area contributed by atoms with Crippen molar-refractivity contribution in [2.75, 3.05) is 0 Å². The van der Waals surface area contributed by atoms with Gasteiger partial charge in [-0.1, -0.05) is 109 Å². The van der Waals surface area contributed by atoms with Gasteiger partial charge in [-0.3, -0.25) is 0 Å². The predicted molar refractivity (Wildman–Crippen MR) is 165 cm³/mol. The van der Waals surface area contributed by atoms with Crippen LogP contribution in [0.1, 0.15) is 0 Å². The number of aromatic nitrogens is 1. The van der Waals surface area contributed by atoms with Gasteiger partial charge in [-0.05, 0) is 52.6 Å². The molecule has 0 N–H and O–H groups in total. The quantitative estimate of drug-likeness (QED) is 0.174. The number of hydrogen-bond donors (Lipinski definition) is 0. The molecule has 6 aromatic carbocycles. The molecule has 0 aliphatic rings. The molecule has 188 valence electrons. The Hall–Kier alpha value is -5.41. The highest BCUT2D eigenvalue weighted by molar-refractivity contribution is 6.22. The highest BCUT2D eigenvalue weighted by Crippen LogP contribution is 2.39. The van der Waals surface area contributed by atoms with Gasteiger partial charge in [-0.25, -0.2) is 4.79 Å². The molecule has 0 amide bonds. The molecule has 3 nitrogen and oxygen atoms in total. The Morgan fingerprint density at radius 1 is 0.475 bits per heavy atom. The van der Waals surface area contributed by atoms with Crippen LogP contribution in [0, 0.1) is 0 Å². The van der Waals surface area contributed by atoms with Crippen LogP contribution in [0.25, 0.3) is 71.5 Å². The summed E-state index contributed by atoms with van der Waals surface area (Å²) < 4.78 is 8.12. The SMILES string of the molecule is O=c1oc2ccccc2c2ccc3c4ccccc4n(-c4cc(-c5ccccc5)cc(-c5ccccc5)c4)c3c12. The van der Waals surface area contributed by atoms with Gasteiger partial charge in [0.15, 0.2) is 0 Å². The van der Waals surface area contributed by atoms with E-state index in [2.05, 4.69) is 108 Å². The summed E-state index contributed by atoms with van der Waals surface area (Å²) in [5.41, 5.74) is 7.66. The van der Waals surface area contributed by atoms with Gasteiger partial charge < -0.3 is 8.98 Å². The van der Waals surface area contributed by atoms with E-state index in [1.165, 1.54) is 0 Å². The fourth-order valence-electron chi connectivity index (χ4n) is 6.02. The Balaban J connectivity index is 1.55. The molecule has 2 heterocycles. The molecule has 0 saturated heterocycles. The summed E-state index contributed by atoms with van der Waals surface area (Å²) in [6.07, 6.45) is 0. The first-order chi connectivity index (χ1) is 19.8. The van der Waals surface area contributed by atoms with Crippen molar-refractivity contribution < 1.29 is 4.42 Å². The maximum absolute atomic E-state index is 13.7. The lowest BCUT2D eigenvalue weighted by molar-refractivity contribution is 0.570. The third-order valence-corrected chi connectivity index (χ3v) is 7.81. The summed E-state index contributed by atoms with van der Waals surface area (Å²) in [7, 11) is 0. The van der Waals surface area contributed by atoms with E-state index in [1.807, 2.05) is 36.4 Å². The first kappa shape index (κ1) is 22.6. The van der Waals surface area contributed by atoms with Crippen LogP contribution in [-0.2, 0) is 0 Å². The smallest absolute Gasteiger partial charge is 0.346 e. The van der Waals surface area contributed by atoms with Crippen molar-refractivity contribution in [2.24, 2.45) is 0 Å². The molecule has 0 fully saturated rings. The molecule has 0 atom stereocenters. The van der Waals surface area contributed by atoms with E-state index in [0.29, 0.717) is 11.0 Å². The zero-order chi connectivity index (χ0) is 26.6. The van der Waals surface area contributed by atoms with Crippen molar-refractivity contribution in [1.29, 1.82) is 0 Å². The van der Waals surface area contributed by atoms with Crippen LogP contribution < -0.4 is 5.63 Å². The second kappa shape index (κ2) is 8.82. The second-order valence-electron chi connectivity index (χ2n) is 10.1. The highest BCUT2D eigenvalue weighted by atomic mass is 16.4. The normalized spacial score (nSPS) is 11.6. The van der Waals surface area contributed by atoms with E-state index in [0.717, 1.165) is 60.5 Å². The van der Waals surface area contributed by atoms with E-state index >= 15 is 0 Å². The van der Waals surface area contributed by atoms with Crippen molar-refractivity contribution >= 4 is 43.5 Å². The Kier molecular flexibility index (Phi) is 4.98. The van der Waals surface area contributed by atoms with Crippen LogP contribution in [0.3, 0.4) is 0 Å². The van der Waals surface area contributed by atoms with Crippen LogP contribution in [0.15, 0.2) is 149 Å². The van der Waals surface area contributed by atoms with Gasteiger partial charge in [-0.2, -0.15) is 0 Å². The van der Waals surface area contributed by atoms with Gasteiger partial charge in [0.2, 0.25) is 0 Å². The first-order valence-corrected chi connectivity index (χ1v) is 13.4. The summed E-state index contributed by atoms with van der Waals surface area (Å²) in [5.74, 6) is 0. The summed E-state index contributed by atoms with van der Waals surface area (Å²) in [5, 5.41) is 4.54.